The van der Waals surface area contributed by atoms with E-state index in [1.54, 1.807) is 25.1 Å². The van der Waals surface area contributed by atoms with Crippen molar-refractivity contribution in [3.63, 3.8) is 0 Å². The van der Waals surface area contributed by atoms with Crippen LogP contribution in [0.25, 0.3) is 0 Å². The van der Waals surface area contributed by atoms with E-state index < -0.39 is 6.10 Å². The first kappa shape index (κ1) is 16.8. The van der Waals surface area contributed by atoms with Crippen molar-refractivity contribution in [1.29, 1.82) is 0 Å². The lowest BCUT2D eigenvalue weighted by Gasteiger charge is -2.13. The zero-order valence-electron chi connectivity index (χ0n) is 11.9. The zero-order valence-corrected chi connectivity index (χ0v) is 13.5. The second-order valence-electron chi connectivity index (χ2n) is 4.83. The first-order valence-electron chi connectivity index (χ1n) is 6.57. The topological polar surface area (TPSA) is 70.6 Å². The number of anilines is 1. The van der Waals surface area contributed by atoms with Crippen LogP contribution in [-0.2, 0) is 0 Å². The maximum atomic E-state index is 11.6. The van der Waals surface area contributed by atoms with Gasteiger partial charge in [0.25, 0.3) is 0 Å². The predicted molar refractivity (Wildman–Crippen MR) is 83.2 cm³/mol. The molecule has 1 rings (SSSR count). The summed E-state index contributed by atoms with van der Waals surface area (Å²) in [5.41, 5.74) is 0.669. The van der Waals surface area contributed by atoms with Gasteiger partial charge < -0.3 is 20.5 Å². The maximum Gasteiger partial charge on any atom is 0.319 e. The van der Waals surface area contributed by atoms with E-state index in [1.165, 1.54) is 0 Å². The summed E-state index contributed by atoms with van der Waals surface area (Å²) in [6.07, 6.45) is 0.198. The fraction of sp³-hybridized carbons (Fsp3) is 0.500. The van der Waals surface area contributed by atoms with Crippen molar-refractivity contribution in [2.45, 2.75) is 39.4 Å². The standard InChI is InChI=1S/C14H21BrN2O3/c1-9(2)20-13-5-4-11(8-12(13)15)17-14(19)16-7-6-10(3)18/h4-5,8-10,18H,6-7H2,1-3H3,(H2,16,17,19)/t10-/m1/s1. The second kappa shape index (κ2) is 8.11. The van der Waals surface area contributed by atoms with E-state index in [-0.39, 0.29) is 12.1 Å². The number of urea groups is 1. The lowest BCUT2D eigenvalue weighted by Crippen LogP contribution is -2.30. The number of carbonyl (C=O) groups excluding carboxylic acids is 1. The van der Waals surface area contributed by atoms with Crippen LogP contribution >= 0.6 is 15.9 Å². The van der Waals surface area contributed by atoms with Gasteiger partial charge in [0, 0.05) is 12.2 Å². The third-order valence-electron chi connectivity index (χ3n) is 2.40. The molecule has 0 spiro atoms. The molecule has 0 bridgehead atoms. The molecule has 1 aromatic rings. The second-order valence-corrected chi connectivity index (χ2v) is 5.68. The average molecular weight is 345 g/mol. The minimum atomic E-state index is -0.420. The average Bonchev–Trinajstić information content (AvgIpc) is 2.31. The summed E-state index contributed by atoms with van der Waals surface area (Å²) < 4.78 is 6.38. The summed E-state index contributed by atoms with van der Waals surface area (Å²) >= 11 is 3.41. The maximum absolute atomic E-state index is 11.6. The Kier molecular flexibility index (Phi) is 6.81. The van der Waals surface area contributed by atoms with Crippen LogP contribution in [0.15, 0.2) is 22.7 Å². The van der Waals surface area contributed by atoms with E-state index in [0.717, 1.165) is 10.2 Å². The van der Waals surface area contributed by atoms with Crippen molar-refractivity contribution in [3.8, 4) is 5.75 Å². The number of ether oxygens (including phenoxy) is 1. The molecule has 0 heterocycles. The van der Waals surface area contributed by atoms with Crippen LogP contribution in [0, 0.1) is 0 Å². The molecule has 112 valence electrons. The van der Waals surface area contributed by atoms with Crippen LogP contribution in [0.4, 0.5) is 10.5 Å². The SMILES string of the molecule is CC(C)Oc1ccc(NC(=O)NCC[C@@H](C)O)cc1Br. The van der Waals surface area contributed by atoms with Crippen molar-refractivity contribution in [2.24, 2.45) is 0 Å². The number of nitrogens with one attached hydrogen (secondary N) is 2. The van der Waals surface area contributed by atoms with Gasteiger partial charge in [-0.3, -0.25) is 0 Å². The van der Waals surface area contributed by atoms with E-state index >= 15 is 0 Å². The molecule has 0 radical (unpaired) electrons. The lowest BCUT2D eigenvalue weighted by atomic mass is 10.3. The van der Waals surface area contributed by atoms with Crippen molar-refractivity contribution >= 4 is 27.6 Å². The van der Waals surface area contributed by atoms with Gasteiger partial charge in [0.05, 0.1) is 16.7 Å². The molecule has 0 saturated heterocycles. The van der Waals surface area contributed by atoms with Gasteiger partial charge in [0.15, 0.2) is 0 Å². The summed E-state index contributed by atoms with van der Waals surface area (Å²) in [6, 6.07) is 5.06. The number of hydrogen-bond acceptors (Lipinski definition) is 3. The predicted octanol–water partition coefficient (Wildman–Crippen LogP) is 3.13. The van der Waals surface area contributed by atoms with Crippen LogP contribution in [0.2, 0.25) is 0 Å². The van der Waals surface area contributed by atoms with Gasteiger partial charge in [-0.15, -0.1) is 0 Å². The molecular formula is C14H21BrN2O3. The summed E-state index contributed by atoms with van der Waals surface area (Å²) in [5.74, 6) is 0.736. The normalized spacial score (nSPS) is 12.1. The van der Waals surface area contributed by atoms with Crippen molar-refractivity contribution in [3.05, 3.63) is 22.7 Å². The summed E-state index contributed by atoms with van der Waals surface area (Å²) in [6.45, 7) is 6.02. The van der Waals surface area contributed by atoms with Crippen molar-refractivity contribution in [2.75, 3.05) is 11.9 Å². The van der Waals surface area contributed by atoms with Crippen LogP contribution in [0.3, 0.4) is 0 Å². The Hall–Kier alpha value is -1.27. The van der Waals surface area contributed by atoms with Crippen LogP contribution in [0.1, 0.15) is 27.2 Å². The van der Waals surface area contributed by atoms with Gasteiger partial charge in [-0.2, -0.15) is 0 Å². The number of carbonyl (C=O) groups is 1. The highest BCUT2D eigenvalue weighted by Crippen LogP contribution is 2.28. The molecule has 0 aliphatic heterocycles. The fourth-order valence-electron chi connectivity index (χ4n) is 1.50. The van der Waals surface area contributed by atoms with Crippen LogP contribution < -0.4 is 15.4 Å². The molecule has 1 aromatic carbocycles. The van der Waals surface area contributed by atoms with Gasteiger partial charge in [-0.25, -0.2) is 4.79 Å². The third-order valence-corrected chi connectivity index (χ3v) is 3.02. The monoisotopic (exact) mass is 344 g/mol. The Labute approximate surface area is 127 Å². The molecular weight excluding hydrogens is 324 g/mol. The number of aliphatic hydroxyl groups is 1. The Morgan fingerprint density at radius 2 is 2.10 bits per heavy atom. The molecule has 0 aromatic heterocycles. The molecule has 3 N–H and O–H groups in total. The van der Waals surface area contributed by atoms with Crippen molar-refractivity contribution < 1.29 is 14.6 Å². The number of halogens is 1. The Bertz CT molecular complexity index is 450. The molecule has 1 atom stereocenters. The Morgan fingerprint density at radius 3 is 2.65 bits per heavy atom. The number of benzene rings is 1. The van der Waals surface area contributed by atoms with Gasteiger partial charge >= 0.3 is 6.03 Å². The van der Waals surface area contributed by atoms with E-state index in [9.17, 15) is 4.79 Å². The fourth-order valence-corrected chi connectivity index (χ4v) is 1.97. The van der Waals surface area contributed by atoms with E-state index in [1.807, 2.05) is 13.8 Å². The first-order chi connectivity index (χ1) is 9.38. The van der Waals surface area contributed by atoms with E-state index in [0.29, 0.717) is 18.7 Å². The van der Waals surface area contributed by atoms with Gasteiger partial charge in [-0.1, -0.05) is 0 Å². The van der Waals surface area contributed by atoms with E-state index in [4.69, 9.17) is 9.84 Å². The highest BCUT2D eigenvalue weighted by atomic mass is 79.9. The Morgan fingerprint density at radius 1 is 1.40 bits per heavy atom. The number of aliphatic hydroxyl groups excluding tert-OH is 1. The molecule has 0 unspecified atom stereocenters. The number of amides is 2. The van der Waals surface area contributed by atoms with Crippen molar-refractivity contribution in [1.82, 2.24) is 5.32 Å². The third kappa shape index (κ3) is 6.25. The van der Waals surface area contributed by atoms with Gasteiger partial charge in [-0.05, 0) is 61.3 Å². The minimum absolute atomic E-state index is 0.0916. The van der Waals surface area contributed by atoms with Gasteiger partial charge in [0.2, 0.25) is 0 Å². The first-order valence-corrected chi connectivity index (χ1v) is 7.37. The minimum Gasteiger partial charge on any atom is -0.490 e. The van der Waals surface area contributed by atoms with Gasteiger partial charge in [0.1, 0.15) is 5.75 Å². The highest BCUT2D eigenvalue weighted by molar-refractivity contribution is 9.10. The molecule has 20 heavy (non-hydrogen) atoms. The molecule has 0 aliphatic rings. The number of hydrogen-bond donors (Lipinski definition) is 3. The molecule has 2 amide bonds. The molecule has 0 saturated carbocycles. The number of rotatable bonds is 6. The Balaban J connectivity index is 2.52. The van der Waals surface area contributed by atoms with Crippen LogP contribution in [-0.4, -0.2) is 29.9 Å². The summed E-state index contributed by atoms with van der Waals surface area (Å²) in [7, 11) is 0. The molecule has 5 nitrogen and oxygen atoms in total. The summed E-state index contributed by atoms with van der Waals surface area (Å²) in [4.78, 5) is 11.6. The highest BCUT2D eigenvalue weighted by Gasteiger charge is 2.07. The molecule has 0 aliphatic carbocycles. The lowest BCUT2D eigenvalue weighted by molar-refractivity contribution is 0.184. The van der Waals surface area contributed by atoms with Crippen LogP contribution in [0.5, 0.6) is 5.75 Å². The smallest absolute Gasteiger partial charge is 0.319 e. The largest absolute Gasteiger partial charge is 0.490 e. The zero-order chi connectivity index (χ0) is 15.1. The quantitative estimate of drug-likeness (QED) is 0.742. The summed E-state index contributed by atoms with van der Waals surface area (Å²) in [5, 5.41) is 14.5. The van der Waals surface area contributed by atoms with E-state index in [2.05, 4.69) is 26.6 Å². The molecule has 0 fully saturated rings. The molecule has 6 heteroatoms.